The van der Waals surface area contributed by atoms with E-state index < -0.39 is 20.0 Å². The molecular weight excluding hydrogens is 372 g/mol. The first-order valence-corrected chi connectivity index (χ1v) is 11.3. The van der Waals surface area contributed by atoms with E-state index in [0.29, 0.717) is 30.1 Å². The van der Waals surface area contributed by atoms with E-state index in [-0.39, 0.29) is 9.79 Å². The molecule has 2 aromatic rings. The molecule has 2 aromatic carbocycles. The molecule has 0 saturated heterocycles. The van der Waals surface area contributed by atoms with Crippen molar-refractivity contribution in [3.05, 3.63) is 53.6 Å². The van der Waals surface area contributed by atoms with Crippen LogP contribution >= 0.6 is 0 Å². The number of rotatable bonds is 5. The third kappa shape index (κ3) is 3.24. The normalized spacial score (nSPS) is 14.7. The molecule has 0 aliphatic carbocycles. The molecule has 3 rings (SSSR count). The fourth-order valence-corrected chi connectivity index (χ4v) is 5.32. The van der Waals surface area contributed by atoms with E-state index >= 15 is 0 Å². The molecule has 0 unspecified atom stereocenters. The zero-order valence-electron chi connectivity index (χ0n) is 14.9. The van der Waals surface area contributed by atoms with E-state index in [1.54, 1.807) is 24.3 Å². The molecule has 0 spiro atoms. The van der Waals surface area contributed by atoms with Gasteiger partial charge >= 0.3 is 0 Å². The lowest BCUT2D eigenvalue weighted by molar-refractivity contribution is 0.587. The summed E-state index contributed by atoms with van der Waals surface area (Å²) in [6.07, 6.45) is 0.478. The van der Waals surface area contributed by atoms with Crippen LogP contribution < -0.4 is 9.03 Å². The van der Waals surface area contributed by atoms with Gasteiger partial charge < -0.3 is 0 Å². The van der Waals surface area contributed by atoms with Gasteiger partial charge in [-0.05, 0) is 60.8 Å². The average molecular weight is 395 g/mol. The van der Waals surface area contributed by atoms with Crippen LogP contribution in [-0.2, 0) is 26.5 Å². The van der Waals surface area contributed by atoms with Gasteiger partial charge in [0, 0.05) is 6.54 Å². The summed E-state index contributed by atoms with van der Waals surface area (Å²) >= 11 is 0. The van der Waals surface area contributed by atoms with E-state index in [4.69, 9.17) is 0 Å². The molecule has 0 radical (unpaired) electrons. The van der Waals surface area contributed by atoms with Crippen LogP contribution in [0, 0.1) is 0 Å². The Balaban J connectivity index is 1.97. The Kier molecular flexibility index (Phi) is 4.85. The van der Waals surface area contributed by atoms with Crippen LogP contribution in [0.3, 0.4) is 0 Å². The van der Waals surface area contributed by atoms with Crippen LogP contribution in [0.1, 0.15) is 30.9 Å². The molecule has 140 valence electrons. The standard InChI is InChI=1S/C18H22N2O4S2/c1-13(2)14-4-6-16(7-5-14)26(23,24)20-11-10-15-12-17(8-9-18(15)20)25(21,22)19-3/h4-9,12-13,19H,10-11H2,1-3H3. The number of hydrogen-bond acceptors (Lipinski definition) is 4. The van der Waals surface area contributed by atoms with Gasteiger partial charge in [0.25, 0.3) is 10.0 Å². The largest absolute Gasteiger partial charge is 0.266 e. The van der Waals surface area contributed by atoms with Crippen LogP contribution in [0.2, 0.25) is 0 Å². The van der Waals surface area contributed by atoms with Gasteiger partial charge in [0.1, 0.15) is 0 Å². The molecule has 0 saturated carbocycles. The topological polar surface area (TPSA) is 83.6 Å². The summed E-state index contributed by atoms with van der Waals surface area (Å²) in [5.41, 5.74) is 2.32. The van der Waals surface area contributed by atoms with E-state index in [1.165, 1.54) is 17.4 Å². The lowest BCUT2D eigenvalue weighted by Gasteiger charge is -2.20. The van der Waals surface area contributed by atoms with Crippen LogP contribution in [0.4, 0.5) is 5.69 Å². The molecular formula is C18H22N2O4S2. The fraction of sp³-hybridized carbons (Fsp3) is 0.333. The van der Waals surface area contributed by atoms with Gasteiger partial charge in [0.2, 0.25) is 10.0 Å². The number of benzene rings is 2. The lowest BCUT2D eigenvalue weighted by atomic mass is 10.0. The number of fused-ring (bicyclic) bond motifs is 1. The zero-order valence-corrected chi connectivity index (χ0v) is 16.6. The first-order valence-electron chi connectivity index (χ1n) is 8.36. The maximum atomic E-state index is 13.0. The molecule has 26 heavy (non-hydrogen) atoms. The van der Waals surface area contributed by atoms with Crippen molar-refractivity contribution in [1.29, 1.82) is 0 Å². The summed E-state index contributed by atoms with van der Waals surface area (Å²) < 4.78 is 53.5. The second-order valence-corrected chi connectivity index (χ2v) is 10.3. The summed E-state index contributed by atoms with van der Waals surface area (Å²) in [6, 6.07) is 11.4. The molecule has 0 aromatic heterocycles. The van der Waals surface area contributed by atoms with Crippen molar-refractivity contribution >= 4 is 25.7 Å². The fourth-order valence-electron chi connectivity index (χ4n) is 3.03. The molecule has 1 N–H and O–H groups in total. The Morgan fingerprint density at radius 3 is 2.15 bits per heavy atom. The van der Waals surface area contributed by atoms with Gasteiger partial charge in [-0.25, -0.2) is 21.6 Å². The quantitative estimate of drug-likeness (QED) is 0.844. The number of nitrogens with one attached hydrogen (secondary N) is 1. The predicted molar refractivity (Wildman–Crippen MR) is 101 cm³/mol. The highest BCUT2D eigenvalue weighted by Crippen LogP contribution is 2.34. The van der Waals surface area contributed by atoms with Crippen LogP contribution in [0.25, 0.3) is 0 Å². The smallest absolute Gasteiger partial charge is 0.264 e. The van der Waals surface area contributed by atoms with Crippen molar-refractivity contribution < 1.29 is 16.8 Å². The number of anilines is 1. The van der Waals surface area contributed by atoms with E-state index in [1.807, 2.05) is 12.1 Å². The zero-order chi connectivity index (χ0) is 19.1. The Labute approximate surface area is 155 Å². The average Bonchev–Trinajstić information content (AvgIpc) is 3.05. The van der Waals surface area contributed by atoms with Gasteiger partial charge in [-0.2, -0.15) is 0 Å². The van der Waals surface area contributed by atoms with Gasteiger partial charge in [-0.1, -0.05) is 26.0 Å². The highest BCUT2D eigenvalue weighted by Gasteiger charge is 2.31. The minimum atomic E-state index is -3.68. The highest BCUT2D eigenvalue weighted by molar-refractivity contribution is 7.92. The summed E-state index contributed by atoms with van der Waals surface area (Å²) in [6.45, 7) is 4.40. The van der Waals surface area contributed by atoms with Crippen LogP contribution in [0.5, 0.6) is 0 Å². The minimum Gasteiger partial charge on any atom is -0.266 e. The SMILES string of the molecule is CNS(=O)(=O)c1ccc2c(c1)CCN2S(=O)(=O)c1ccc(C(C)C)cc1. The number of hydrogen-bond donors (Lipinski definition) is 1. The highest BCUT2D eigenvalue weighted by atomic mass is 32.2. The maximum absolute atomic E-state index is 13.0. The van der Waals surface area contributed by atoms with Gasteiger partial charge in [-0.15, -0.1) is 0 Å². The van der Waals surface area contributed by atoms with Crippen molar-refractivity contribution in [2.45, 2.75) is 36.0 Å². The molecule has 0 amide bonds. The third-order valence-corrected chi connectivity index (χ3v) is 7.86. The van der Waals surface area contributed by atoms with Crippen molar-refractivity contribution in [2.24, 2.45) is 0 Å². The molecule has 1 heterocycles. The molecule has 8 heteroatoms. The summed E-state index contributed by atoms with van der Waals surface area (Å²) in [5, 5.41) is 0. The van der Waals surface area contributed by atoms with Gasteiger partial charge in [0.15, 0.2) is 0 Å². The first kappa shape index (κ1) is 18.9. The summed E-state index contributed by atoms with van der Waals surface area (Å²) in [5.74, 6) is 0.326. The van der Waals surface area contributed by atoms with Crippen molar-refractivity contribution in [2.75, 3.05) is 17.9 Å². The third-order valence-electron chi connectivity index (χ3n) is 4.62. The van der Waals surface area contributed by atoms with Crippen LogP contribution in [0.15, 0.2) is 52.3 Å². The molecule has 1 aliphatic rings. The molecule has 0 fully saturated rings. The molecule has 0 atom stereocenters. The summed E-state index contributed by atoms with van der Waals surface area (Å²) in [4.78, 5) is 0.376. The number of nitrogens with zero attached hydrogens (tertiary/aromatic N) is 1. The van der Waals surface area contributed by atoms with E-state index in [9.17, 15) is 16.8 Å². The second kappa shape index (κ2) is 6.68. The van der Waals surface area contributed by atoms with Crippen molar-refractivity contribution in [1.82, 2.24) is 4.72 Å². The molecule has 6 nitrogen and oxygen atoms in total. The van der Waals surface area contributed by atoms with E-state index in [2.05, 4.69) is 18.6 Å². The Bertz CT molecular complexity index is 1030. The number of sulfonamides is 2. The summed E-state index contributed by atoms with van der Waals surface area (Å²) in [7, 11) is -5.89. The van der Waals surface area contributed by atoms with Gasteiger partial charge in [0.05, 0.1) is 15.5 Å². The lowest BCUT2D eigenvalue weighted by Crippen LogP contribution is -2.29. The van der Waals surface area contributed by atoms with Crippen LogP contribution in [-0.4, -0.2) is 30.4 Å². The van der Waals surface area contributed by atoms with Crippen molar-refractivity contribution in [3.8, 4) is 0 Å². The molecule has 0 bridgehead atoms. The Hall–Kier alpha value is -1.90. The van der Waals surface area contributed by atoms with Crippen molar-refractivity contribution in [3.63, 3.8) is 0 Å². The van der Waals surface area contributed by atoms with E-state index in [0.717, 1.165) is 5.56 Å². The molecule has 1 aliphatic heterocycles. The monoisotopic (exact) mass is 394 g/mol. The maximum Gasteiger partial charge on any atom is 0.264 e. The Morgan fingerprint density at radius 1 is 0.962 bits per heavy atom. The first-order chi connectivity index (χ1) is 12.2. The Morgan fingerprint density at radius 2 is 1.58 bits per heavy atom. The second-order valence-electron chi connectivity index (χ2n) is 6.55. The minimum absolute atomic E-state index is 0.138. The van der Waals surface area contributed by atoms with Gasteiger partial charge in [-0.3, -0.25) is 4.31 Å². The predicted octanol–water partition coefficient (Wildman–Crippen LogP) is 2.47.